The average Bonchev–Trinajstić information content (AvgIpc) is 3.08. The minimum Gasteiger partial charge on any atom is -0.352 e. The van der Waals surface area contributed by atoms with Crippen molar-refractivity contribution in [1.29, 1.82) is 0 Å². The lowest BCUT2D eigenvalue weighted by Crippen LogP contribution is -2.38. The van der Waals surface area contributed by atoms with Crippen molar-refractivity contribution in [2.24, 2.45) is 12.0 Å². The number of halogens is 1. The van der Waals surface area contributed by atoms with Crippen LogP contribution in [-0.2, 0) is 26.7 Å². The van der Waals surface area contributed by atoms with Crippen LogP contribution in [-0.4, -0.2) is 52.7 Å². The molecule has 2 aromatic rings. The second-order valence-electron chi connectivity index (χ2n) is 7.90. The molecule has 168 valence electrons. The summed E-state index contributed by atoms with van der Waals surface area (Å²) in [7, 11) is 5.88. The van der Waals surface area contributed by atoms with Gasteiger partial charge in [-0.25, -0.2) is 0 Å². The summed E-state index contributed by atoms with van der Waals surface area (Å²) in [5.74, 6) is 1.29. The van der Waals surface area contributed by atoms with Crippen molar-refractivity contribution in [3.8, 4) is 0 Å². The third-order valence-electron chi connectivity index (χ3n) is 5.24. The van der Waals surface area contributed by atoms with E-state index in [2.05, 4.69) is 90.4 Å². The Balaban J connectivity index is 0.00000450. The van der Waals surface area contributed by atoms with Crippen molar-refractivity contribution in [3.63, 3.8) is 0 Å². The van der Waals surface area contributed by atoms with Gasteiger partial charge in [-0.2, -0.15) is 5.10 Å². The fourth-order valence-corrected chi connectivity index (χ4v) is 3.53. The van der Waals surface area contributed by atoms with Gasteiger partial charge in [0.15, 0.2) is 5.96 Å². The summed E-state index contributed by atoms with van der Waals surface area (Å²) in [5.41, 5.74) is 5.01. The van der Waals surface area contributed by atoms with Gasteiger partial charge in [0, 0.05) is 52.5 Å². The summed E-state index contributed by atoms with van der Waals surface area (Å²) < 4.78 is 1.90. The number of guanidine groups is 1. The Kier molecular flexibility index (Phi) is 11.4. The van der Waals surface area contributed by atoms with Crippen LogP contribution in [0.25, 0.3) is 0 Å². The van der Waals surface area contributed by atoms with E-state index >= 15 is 0 Å². The van der Waals surface area contributed by atoms with Crippen LogP contribution in [0.4, 0.5) is 0 Å². The van der Waals surface area contributed by atoms with Gasteiger partial charge in [0.1, 0.15) is 0 Å². The Hall–Kier alpha value is -1.61. The van der Waals surface area contributed by atoms with Crippen LogP contribution >= 0.6 is 24.0 Å². The zero-order valence-electron chi connectivity index (χ0n) is 19.6. The van der Waals surface area contributed by atoms with Crippen molar-refractivity contribution in [1.82, 2.24) is 24.9 Å². The fourth-order valence-electron chi connectivity index (χ4n) is 3.53. The number of nitrogens with zero attached hydrogens (tertiary/aromatic N) is 5. The zero-order valence-corrected chi connectivity index (χ0v) is 22.0. The quantitative estimate of drug-likeness (QED) is 0.302. The van der Waals surface area contributed by atoms with Crippen molar-refractivity contribution >= 4 is 29.9 Å². The molecule has 6 nitrogen and oxygen atoms in total. The van der Waals surface area contributed by atoms with Gasteiger partial charge in [-0.05, 0) is 30.1 Å². The summed E-state index contributed by atoms with van der Waals surface area (Å²) in [6, 6.07) is 8.87. The lowest BCUT2D eigenvalue weighted by molar-refractivity contribution is 0.296. The van der Waals surface area contributed by atoms with Crippen LogP contribution < -0.4 is 5.32 Å². The normalized spacial score (nSPS) is 11.7. The molecule has 0 saturated heterocycles. The maximum atomic E-state index is 4.61. The molecule has 7 heteroatoms. The van der Waals surface area contributed by atoms with Crippen LogP contribution in [0.15, 0.2) is 35.5 Å². The summed E-state index contributed by atoms with van der Waals surface area (Å²) in [6.45, 7) is 13.5. The second kappa shape index (κ2) is 12.9. The first-order valence-corrected chi connectivity index (χ1v) is 10.6. The predicted octanol–water partition coefficient (Wildman–Crippen LogP) is 4.21. The molecule has 30 heavy (non-hydrogen) atoms. The van der Waals surface area contributed by atoms with Crippen molar-refractivity contribution in [3.05, 3.63) is 52.8 Å². The first kappa shape index (κ1) is 26.4. The molecule has 0 amide bonds. The van der Waals surface area contributed by atoms with Gasteiger partial charge in [0.05, 0.1) is 5.69 Å². The standard InChI is InChI=1S/C23H38N6.HI/c1-8-29(9-2)15-20-12-10-19(11-13-20)14-25-23(24-5)27(6)16-21-17-28(7)26-22(21)18(3)4;/h10-13,17-18H,8-9,14-16H2,1-7H3,(H,24,25);1H. The van der Waals surface area contributed by atoms with Crippen molar-refractivity contribution < 1.29 is 0 Å². The molecule has 0 aliphatic carbocycles. The number of aliphatic imine (C=N–C) groups is 1. The lowest BCUT2D eigenvalue weighted by atomic mass is 10.1. The zero-order chi connectivity index (χ0) is 21.4. The lowest BCUT2D eigenvalue weighted by Gasteiger charge is -2.22. The molecule has 0 bridgehead atoms. The van der Waals surface area contributed by atoms with Crippen molar-refractivity contribution in [2.45, 2.75) is 53.2 Å². The van der Waals surface area contributed by atoms with E-state index in [9.17, 15) is 0 Å². The number of rotatable bonds is 9. The van der Waals surface area contributed by atoms with Gasteiger partial charge < -0.3 is 10.2 Å². The van der Waals surface area contributed by atoms with Gasteiger partial charge in [0.25, 0.3) is 0 Å². The molecule has 1 N–H and O–H groups in total. The summed E-state index contributed by atoms with van der Waals surface area (Å²) in [4.78, 5) is 9.03. The highest BCUT2D eigenvalue weighted by atomic mass is 127. The van der Waals surface area contributed by atoms with Crippen LogP contribution in [0, 0.1) is 0 Å². The number of aryl methyl sites for hydroxylation is 1. The Bertz CT molecular complexity index is 777. The maximum absolute atomic E-state index is 4.61. The largest absolute Gasteiger partial charge is 0.352 e. The molecular formula is C23H39IN6. The van der Waals surface area contributed by atoms with E-state index in [-0.39, 0.29) is 24.0 Å². The highest BCUT2D eigenvalue weighted by Gasteiger charge is 2.15. The highest BCUT2D eigenvalue weighted by molar-refractivity contribution is 14.0. The van der Waals surface area contributed by atoms with E-state index in [4.69, 9.17) is 0 Å². The number of nitrogens with one attached hydrogen (secondary N) is 1. The minimum absolute atomic E-state index is 0. The molecule has 0 spiro atoms. The Morgan fingerprint density at radius 2 is 1.70 bits per heavy atom. The van der Waals surface area contributed by atoms with Crippen LogP contribution in [0.1, 0.15) is 56.0 Å². The monoisotopic (exact) mass is 526 g/mol. The number of hydrogen-bond donors (Lipinski definition) is 1. The van der Waals surface area contributed by atoms with Gasteiger partial charge in [-0.3, -0.25) is 14.6 Å². The van der Waals surface area contributed by atoms with E-state index in [1.54, 1.807) is 0 Å². The molecule has 0 saturated carbocycles. The minimum atomic E-state index is 0. The summed E-state index contributed by atoms with van der Waals surface area (Å²) in [6.07, 6.45) is 2.10. The van der Waals surface area contributed by atoms with Crippen LogP contribution in [0.3, 0.4) is 0 Å². The topological polar surface area (TPSA) is 48.7 Å². The van der Waals surface area contributed by atoms with E-state index in [0.717, 1.165) is 44.4 Å². The van der Waals surface area contributed by atoms with E-state index in [0.29, 0.717) is 5.92 Å². The average molecular weight is 527 g/mol. The molecule has 1 aromatic heterocycles. The number of hydrogen-bond acceptors (Lipinski definition) is 3. The Morgan fingerprint density at radius 1 is 1.10 bits per heavy atom. The number of benzene rings is 1. The highest BCUT2D eigenvalue weighted by Crippen LogP contribution is 2.18. The maximum Gasteiger partial charge on any atom is 0.193 e. The Morgan fingerprint density at radius 3 is 2.23 bits per heavy atom. The van der Waals surface area contributed by atoms with Gasteiger partial charge in [0.2, 0.25) is 0 Å². The molecule has 1 heterocycles. The third kappa shape index (κ3) is 7.58. The molecule has 0 fully saturated rings. The summed E-state index contributed by atoms with van der Waals surface area (Å²) in [5, 5.41) is 8.09. The third-order valence-corrected chi connectivity index (χ3v) is 5.24. The first-order chi connectivity index (χ1) is 13.9. The van der Waals surface area contributed by atoms with Gasteiger partial charge in [-0.1, -0.05) is 52.0 Å². The molecule has 0 unspecified atom stereocenters. The molecular weight excluding hydrogens is 487 g/mol. The fraction of sp³-hybridized carbons (Fsp3) is 0.565. The first-order valence-electron chi connectivity index (χ1n) is 10.6. The van der Waals surface area contributed by atoms with Crippen molar-refractivity contribution in [2.75, 3.05) is 27.2 Å². The molecule has 1 aromatic carbocycles. The van der Waals surface area contributed by atoms with E-state index in [1.807, 2.05) is 18.8 Å². The molecule has 0 radical (unpaired) electrons. The van der Waals surface area contributed by atoms with Gasteiger partial charge >= 0.3 is 0 Å². The smallest absolute Gasteiger partial charge is 0.193 e. The predicted molar refractivity (Wildman–Crippen MR) is 137 cm³/mol. The molecule has 0 atom stereocenters. The van der Waals surface area contributed by atoms with Gasteiger partial charge in [-0.15, -0.1) is 24.0 Å². The van der Waals surface area contributed by atoms with E-state index in [1.165, 1.54) is 16.7 Å². The second-order valence-corrected chi connectivity index (χ2v) is 7.90. The Labute approximate surface area is 199 Å². The van der Waals surface area contributed by atoms with Crippen LogP contribution in [0.2, 0.25) is 0 Å². The number of aromatic nitrogens is 2. The van der Waals surface area contributed by atoms with E-state index < -0.39 is 0 Å². The summed E-state index contributed by atoms with van der Waals surface area (Å²) >= 11 is 0. The molecule has 2 rings (SSSR count). The SMILES string of the molecule is CCN(CC)Cc1ccc(CNC(=NC)N(C)Cc2cn(C)nc2C(C)C)cc1.I. The molecule has 0 aliphatic heterocycles. The van der Waals surface area contributed by atoms with Crippen LogP contribution in [0.5, 0.6) is 0 Å². The molecule has 0 aliphatic rings.